The minimum absolute atomic E-state index is 0.0985. The zero-order valence-electron chi connectivity index (χ0n) is 20.2. The molecule has 0 unspecified atom stereocenters. The maximum Gasteiger partial charge on any atom is 0.159 e. The molecule has 0 fully saturated rings. The highest BCUT2D eigenvalue weighted by Gasteiger charge is 2.18. The van der Waals surface area contributed by atoms with Crippen molar-refractivity contribution in [3.05, 3.63) is 103 Å². The molecule has 176 valence electrons. The Bertz CT molecular complexity index is 1410. The number of nitrogens with zero attached hydrogens (tertiary/aromatic N) is 4. The molecule has 0 N–H and O–H groups in total. The van der Waals surface area contributed by atoms with Crippen LogP contribution in [0, 0.1) is 0 Å². The van der Waals surface area contributed by atoms with Crippen molar-refractivity contribution < 1.29 is 4.74 Å². The van der Waals surface area contributed by atoms with Crippen molar-refractivity contribution in [2.75, 3.05) is 0 Å². The van der Waals surface area contributed by atoms with Gasteiger partial charge in [-0.2, -0.15) is 0 Å². The molecular weight excluding hydrogens is 452 g/mol. The van der Waals surface area contributed by atoms with Gasteiger partial charge in [0, 0.05) is 57.4 Å². The molecule has 3 aromatic heterocycles. The molecule has 0 radical (unpaired) electrons. The minimum Gasteiger partial charge on any atom is -0.487 e. The maximum absolute atomic E-state index is 6.08. The lowest BCUT2D eigenvalue weighted by Crippen LogP contribution is -2.06. The van der Waals surface area contributed by atoms with Crippen LogP contribution in [0.4, 0.5) is 0 Å². The molecule has 0 aliphatic heterocycles. The van der Waals surface area contributed by atoms with E-state index >= 15 is 0 Å². The summed E-state index contributed by atoms with van der Waals surface area (Å²) in [5.74, 6) is 1.59. The number of aromatic nitrogens is 4. The molecule has 5 rings (SSSR count). The average molecular weight is 481 g/mol. The van der Waals surface area contributed by atoms with Crippen LogP contribution in [-0.2, 0) is 13.2 Å². The van der Waals surface area contributed by atoms with E-state index in [0.29, 0.717) is 6.61 Å². The van der Waals surface area contributed by atoms with Crippen LogP contribution in [-0.4, -0.2) is 24.3 Å². The highest BCUT2D eigenvalue weighted by Crippen LogP contribution is 2.39. The number of ether oxygens (including phenoxy) is 1. The van der Waals surface area contributed by atoms with Crippen LogP contribution < -0.4 is 4.74 Å². The summed E-state index contributed by atoms with van der Waals surface area (Å²) in [4.78, 5) is 14.3. The molecule has 3 heterocycles. The van der Waals surface area contributed by atoms with Crippen molar-refractivity contribution in [2.24, 2.45) is 0 Å². The molecule has 0 bridgehead atoms. The molecule has 0 spiro atoms. The van der Waals surface area contributed by atoms with Gasteiger partial charge in [-0.05, 0) is 42.0 Å². The fourth-order valence-corrected chi connectivity index (χ4v) is 5.03. The van der Waals surface area contributed by atoms with Crippen molar-refractivity contribution in [1.29, 1.82) is 0 Å². The van der Waals surface area contributed by atoms with Crippen molar-refractivity contribution in [2.45, 2.75) is 43.6 Å². The molecule has 6 heteroatoms. The van der Waals surface area contributed by atoms with Crippen LogP contribution in [0.1, 0.15) is 32.0 Å². The summed E-state index contributed by atoms with van der Waals surface area (Å²) in [6.07, 6.45) is 7.59. The number of fused-ring (bicyclic) bond motifs is 1. The second kappa shape index (κ2) is 9.92. The van der Waals surface area contributed by atoms with Gasteiger partial charge < -0.3 is 9.30 Å². The third kappa shape index (κ3) is 5.72. The van der Waals surface area contributed by atoms with E-state index in [1.54, 1.807) is 18.6 Å². The zero-order valence-corrected chi connectivity index (χ0v) is 21.0. The van der Waals surface area contributed by atoms with Gasteiger partial charge in [-0.15, -0.1) is 11.8 Å². The van der Waals surface area contributed by atoms with Gasteiger partial charge in [0.15, 0.2) is 5.82 Å². The first-order valence-electron chi connectivity index (χ1n) is 11.7. The number of hydrogen-bond donors (Lipinski definition) is 0. The highest BCUT2D eigenvalue weighted by molar-refractivity contribution is 8.00. The van der Waals surface area contributed by atoms with Gasteiger partial charge >= 0.3 is 0 Å². The van der Waals surface area contributed by atoms with E-state index in [0.717, 1.165) is 29.4 Å². The summed E-state index contributed by atoms with van der Waals surface area (Å²) in [5, 5.41) is 1.21. The summed E-state index contributed by atoms with van der Waals surface area (Å²) in [7, 11) is 0. The molecule has 0 amide bonds. The molecule has 0 saturated carbocycles. The van der Waals surface area contributed by atoms with Crippen LogP contribution >= 0.6 is 11.8 Å². The molecule has 35 heavy (non-hydrogen) atoms. The third-order valence-electron chi connectivity index (χ3n) is 5.48. The smallest absolute Gasteiger partial charge is 0.159 e. The summed E-state index contributed by atoms with van der Waals surface area (Å²) in [6, 6.07) is 22.5. The van der Waals surface area contributed by atoms with Gasteiger partial charge in [-0.3, -0.25) is 4.98 Å². The monoisotopic (exact) mass is 480 g/mol. The SMILES string of the molecule is CC(C)(C)Sc1cn(Cc2ccc(-c3ncccn3)cc2)c2ccc(OCc3ccccn3)cc12. The van der Waals surface area contributed by atoms with Crippen molar-refractivity contribution in [3.8, 4) is 17.1 Å². The fourth-order valence-electron chi connectivity index (χ4n) is 3.92. The lowest BCUT2D eigenvalue weighted by atomic mass is 10.1. The van der Waals surface area contributed by atoms with Crippen molar-refractivity contribution in [1.82, 2.24) is 19.5 Å². The molecule has 0 atom stereocenters. The lowest BCUT2D eigenvalue weighted by molar-refractivity contribution is 0.301. The molecule has 0 saturated heterocycles. The Hall–Kier alpha value is -3.64. The summed E-state index contributed by atoms with van der Waals surface area (Å²) in [5.41, 5.74) is 4.35. The second-order valence-corrected chi connectivity index (χ2v) is 11.3. The number of pyridine rings is 1. The van der Waals surface area contributed by atoms with E-state index in [1.807, 2.05) is 42.1 Å². The number of thioether (sulfide) groups is 1. The second-order valence-electron chi connectivity index (χ2n) is 9.39. The molecule has 2 aromatic carbocycles. The lowest BCUT2D eigenvalue weighted by Gasteiger charge is -2.16. The molecule has 0 aliphatic carbocycles. The topological polar surface area (TPSA) is 52.8 Å². The van der Waals surface area contributed by atoms with Gasteiger partial charge in [-0.1, -0.05) is 51.1 Å². The Morgan fingerprint density at radius 1 is 0.857 bits per heavy atom. The van der Waals surface area contributed by atoms with Crippen LogP contribution in [0.3, 0.4) is 0 Å². The standard InChI is InChI=1S/C29H28N4OS/c1-29(2,3)35-27-19-33(18-21-8-10-22(11-9-21)28-31-15-6-16-32-28)26-13-12-24(17-25(26)27)34-20-23-7-4-5-14-30-23/h4-17,19H,18,20H2,1-3H3. The minimum atomic E-state index is 0.0985. The Kier molecular flexibility index (Phi) is 6.55. The van der Waals surface area contributed by atoms with Gasteiger partial charge in [0.25, 0.3) is 0 Å². The van der Waals surface area contributed by atoms with E-state index in [2.05, 4.69) is 82.9 Å². The first-order chi connectivity index (χ1) is 16.9. The van der Waals surface area contributed by atoms with E-state index in [9.17, 15) is 0 Å². The molecule has 5 aromatic rings. The summed E-state index contributed by atoms with van der Waals surface area (Å²) < 4.78 is 8.49. The van der Waals surface area contributed by atoms with E-state index < -0.39 is 0 Å². The van der Waals surface area contributed by atoms with Gasteiger partial charge in [0.05, 0.1) is 5.69 Å². The largest absolute Gasteiger partial charge is 0.487 e. The Balaban J connectivity index is 1.42. The number of hydrogen-bond acceptors (Lipinski definition) is 5. The maximum atomic E-state index is 6.08. The van der Waals surface area contributed by atoms with E-state index in [-0.39, 0.29) is 4.75 Å². The fraction of sp³-hybridized carbons (Fsp3) is 0.207. The molecule has 0 aliphatic rings. The predicted octanol–water partition coefficient (Wildman–Crippen LogP) is 7.01. The van der Waals surface area contributed by atoms with Crippen molar-refractivity contribution in [3.63, 3.8) is 0 Å². The Labute approximate surface area is 210 Å². The first-order valence-corrected chi connectivity index (χ1v) is 12.5. The molecular formula is C29H28N4OS. The predicted molar refractivity (Wildman–Crippen MR) is 143 cm³/mol. The average Bonchev–Trinajstić information content (AvgIpc) is 3.19. The van der Waals surface area contributed by atoms with E-state index in [1.165, 1.54) is 21.4 Å². The Morgan fingerprint density at radius 3 is 2.34 bits per heavy atom. The summed E-state index contributed by atoms with van der Waals surface area (Å²) >= 11 is 1.88. The van der Waals surface area contributed by atoms with Crippen LogP contribution in [0.15, 0.2) is 96.4 Å². The van der Waals surface area contributed by atoms with Gasteiger partial charge in [0.2, 0.25) is 0 Å². The quantitative estimate of drug-likeness (QED) is 0.235. The van der Waals surface area contributed by atoms with Crippen molar-refractivity contribution >= 4 is 22.7 Å². The number of benzene rings is 2. The zero-order chi connectivity index (χ0) is 24.3. The Morgan fingerprint density at radius 2 is 1.63 bits per heavy atom. The van der Waals surface area contributed by atoms with Crippen LogP contribution in [0.2, 0.25) is 0 Å². The molecule has 5 nitrogen and oxygen atoms in total. The van der Waals surface area contributed by atoms with Gasteiger partial charge in [-0.25, -0.2) is 9.97 Å². The third-order valence-corrected chi connectivity index (χ3v) is 6.63. The van der Waals surface area contributed by atoms with Gasteiger partial charge in [0.1, 0.15) is 12.4 Å². The number of rotatable bonds is 7. The highest BCUT2D eigenvalue weighted by atomic mass is 32.2. The summed E-state index contributed by atoms with van der Waals surface area (Å²) in [6.45, 7) is 7.96. The normalized spacial score (nSPS) is 11.6. The van der Waals surface area contributed by atoms with Crippen LogP contribution in [0.25, 0.3) is 22.3 Å². The van der Waals surface area contributed by atoms with E-state index in [4.69, 9.17) is 4.74 Å². The first kappa shape index (κ1) is 23.1. The van der Waals surface area contributed by atoms with Crippen LogP contribution in [0.5, 0.6) is 5.75 Å².